The minimum atomic E-state index is -3.87. The summed E-state index contributed by atoms with van der Waals surface area (Å²) in [6, 6.07) is 15.5. The van der Waals surface area contributed by atoms with Crippen molar-refractivity contribution < 1.29 is 13.2 Å². The molecule has 0 radical (unpaired) electrons. The van der Waals surface area contributed by atoms with E-state index in [0.717, 1.165) is 5.56 Å². The minimum Gasteiger partial charge on any atom is -0.345 e. The summed E-state index contributed by atoms with van der Waals surface area (Å²) in [5, 5.41) is 0. The van der Waals surface area contributed by atoms with Gasteiger partial charge in [0.15, 0.2) is 0 Å². The molecule has 0 unspecified atom stereocenters. The van der Waals surface area contributed by atoms with Crippen molar-refractivity contribution in [3.63, 3.8) is 0 Å². The van der Waals surface area contributed by atoms with Gasteiger partial charge in [-0.3, -0.25) is 4.79 Å². The zero-order valence-corrected chi connectivity index (χ0v) is 15.1. The number of hydrogen-bond donors (Lipinski definition) is 1. The second-order valence-electron chi connectivity index (χ2n) is 6.29. The van der Waals surface area contributed by atoms with E-state index < -0.39 is 15.6 Å². The van der Waals surface area contributed by atoms with E-state index in [4.69, 9.17) is 0 Å². The SMILES string of the molecule is CN(C)C(=O)c1ccccc1S(=O)(=O)NC(C)(C)c1ccccc1. The third kappa shape index (κ3) is 3.83. The van der Waals surface area contributed by atoms with Crippen molar-refractivity contribution in [2.45, 2.75) is 24.3 Å². The van der Waals surface area contributed by atoms with Crippen molar-refractivity contribution in [2.24, 2.45) is 0 Å². The molecule has 0 bridgehead atoms. The first-order valence-electron chi connectivity index (χ1n) is 7.55. The third-order valence-corrected chi connectivity index (χ3v) is 5.41. The summed E-state index contributed by atoms with van der Waals surface area (Å²) in [7, 11) is -0.692. The van der Waals surface area contributed by atoms with E-state index >= 15 is 0 Å². The summed E-state index contributed by atoms with van der Waals surface area (Å²) in [4.78, 5) is 13.6. The van der Waals surface area contributed by atoms with Gasteiger partial charge in [-0.2, -0.15) is 0 Å². The fraction of sp³-hybridized carbons (Fsp3) is 0.278. The molecule has 2 aromatic rings. The van der Waals surface area contributed by atoms with Gasteiger partial charge in [0.2, 0.25) is 10.0 Å². The summed E-state index contributed by atoms with van der Waals surface area (Å²) < 4.78 is 28.5. The van der Waals surface area contributed by atoms with Crippen molar-refractivity contribution in [1.29, 1.82) is 0 Å². The first kappa shape index (κ1) is 18.2. The van der Waals surface area contributed by atoms with Crippen LogP contribution in [0.1, 0.15) is 29.8 Å². The molecule has 5 nitrogen and oxygen atoms in total. The Labute approximate surface area is 143 Å². The normalized spacial score (nSPS) is 12.0. The zero-order valence-electron chi connectivity index (χ0n) is 14.3. The highest BCUT2D eigenvalue weighted by Gasteiger charge is 2.30. The predicted octanol–water partition coefficient (Wildman–Crippen LogP) is 2.60. The molecule has 6 heteroatoms. The fourth-order valence-corrected chi connectivity index (χ4v) is 4.03. The van der Waals surface area contributed by atoms with Gasteiger partial charge in [0, 0.05) is 14.1 Å². The number of carbonyl (C=O) groups excluding carboxylic acids is 1. The van der Waals surface area contributed by atoms with Gasteiger partial charge < -0.3 is 4.90 Å². The molecule has 0 fully saturated rings. The van der Waals surface area contributed by atoms with Crippen LogP contribution in [0.25, 0.3) is 0 Å². The van der Waals surface area contributed by atoms with Gasteiger partial charge in [0.05, 0.1) is 16.0 Å². The van der Waals surface area contributed by atoms with Crippen molar-refractivity contribution in [1.82, 2.24) is 9.62 Å². The molecule has 0 aliphatic carbocycles. The highest BCUT2D eigenvalue weighted by atomic mass is 32.2. The first-order valence-corrected chi connectivity index (χ1v) is 9.03. The molecular formula is C18H22N2O3S. The van der Waals surface area contributed by atoms with Gasteiger partial charge in [-0.1, -0.05) is 42.5 Å². The van der Waals surface area contributed by atoms with E-state index in [9.17, 15) is 13.2 Å². The molecule has 1 amide bonds. The van der Waals surface area contributed by atoms with Gasteiger partial charge in [-0.15, -0.1) is 0 Å². The van der Waals surface area contributed by atoms with E-state index in [1.807, 2.05) is 30.3 Å². The molecule has 24 heavy (non-hydrogen) atoms. The second kappa shape index (κ2) is 6.75. The van der Waals surface area contributed by atoms with Crippen LogP contribution in [0.2, 0.25) is 0 Å². The van der Waals surface area contributed by atoms with Crippen molar-refractivity contribution in [2.75, 3.05) is 14.1 Å². The van der Waals surface area contributed by atoms with E-state index in [-0.39, 0.29) is 16.4 Å². The lowest BCUT2D eigenvalue weighted by atomic mass is 9.96. The Kier molecular flexibility index (Phi) is 5.11. The zero-order chi connectivity index (χ0) is 18.0. The molecule has 0 saturated carbocycles. The number of nitrogens with zero attached hydrogens (tertiary/aromatic N) is 1. The standard InChI is InChI=1S/C18H22N2O3S/c1-18(2,14-10-6-5-7-11-14)19-24(22,23)16-13-9-8-12-15(16)17(21)20(3)4/h5-13,19H,1-4H3. The van der Waals surface area contributed by atoms with Crippen LogP contribution in [0.3, 0.4) is 0 Å². The van der Waals surface area contributed by atoms with E-state index in [0.29, 0.717) is 0 Å². The number of sulfonamides is 1. The molecule has 0 spiro atoms. The maximum Gasteiger partial charge on any atom is 0.254 e. The van der Waals surface area contributed by atoms with Gasteiger partial charge in [-0.25, -0.2) is 13.1 Å². The van der Waals surface area contributed by atoms with Crippen LogP contribution in [0.15, 0.2) is 59.5 Å². The molecular weight excluding hydrogens is 324 g/mol. The molecule has 0 saturated heterocycles. The van der Waals surface area contributed by atoms with E-state index in [2.05, 4.69) is 4.72 Å². The molecule has 0 atom stereocenters. The van der Waals surface area contributed by atoms with Crippen molar-refractivity contribution in [3.8, 4) is 0 Å². The molecule has 2 aromatic carbocycles. The van der Waals surface area contributed by atoms with Crippen LogP contribution in [0.4, 0.5) is 0 Å². The van der Waals surface area contributed by atoms with E-state index in [1.54, 1.807) is 40.1 Å². The minimum absolute atomic E-state index is 0.0206. The maximum atomic E-state index is 12.9. The average molecular weight is 346 g/mol. The van der Waals surface area contributed by atoms with Crippen LogP contribution in [0.5, 0.6) is 0 Å². The monoisotopic (exact) mass is 346 g/mol. The Morgan fingerprint density at radius 3 is 2.08 bits per heavy atom. The third-order valence-electron chi connectivity index (χ3n) is 3.70. The number of benzene rings is 2. The Hall–Kier alpha value is -2.18. The Morgan fingerprint density at radius 1 is 0.958 bits per heavy atom. The topological polar surface area (TPSA) is 66.5 Å². The van der Waals surface area contributed by atoms with Crippen LogP contribution in [0, 0.1) is 0 Å². The summed E-state index contributed by atoms with van der Waals surface area (Å²) in [5.74, 6) is -0.353. The van der Waals surface area contributed by atoms with Crippen LogP contribution >= 0.6 is 0 Å². The average Bonchev–Trinajstić information content (AvgIpc) is 2.54. The molecule has 0 heterocycles. The summed E-state index contributed by atoms with van der Waals surface area (Å²) >= 11 is 0. The quantitative estimate of drug-likeness (QED) is 0.905. The summed E-state index contributed by atoms with van der Waals surface area (Å²) in [5.41, 5.74) is 0.179. The Morgan fingerprint density at radius 2 is 1.50 bits per heavy atom. The lowest BCUT2D eigenvalue weighted by molar-refractivity contribution is 0.0824. The van der Waals surface area contributed by atoms with Gasteiger partial charge in [0.1, 0.15) is 0 Å². The number of amides is 1. The van der Waals surface area contributed by atoms with Gasteiger partial charge in [0.25, 0.3) is 5.91 Å². The predicted molar refractivity (Wildman–Crippen MR) is 94.2 cm³/mol. The number of hydrogen-bond acceptors (Lipinski definition) is 3. The maximum absolute atomic E-state index is 12.9. The molecule has 128 valence electrons. The molecule has 2 rings (SSSR count). The highest BCUT2D eigenvalue weighted by Crippen LogP contribution is 2.24. The molecule has 0 aliphatic heterocycles. The Bertz CT molecular complexity index is 828. The summed E-state index contributed by atoms with van der Waals surface area (Å²) in [6.45, 7) is 3.58. The Balaban J connectivity index is 2.44. The number of carbonyl (C=O) groups is 1. The lowest BCUT2D eigenvalue weighted by Gasteiger charge is -2.27. The smallest absolute Gasteiger partial charge is 0.254 e. The summed E-state index contributed by atoms with van der Waals surface area (Å²) in [6.07, 6.45) is 0. The highest BCUT2D eigenvalue weighted by molar-refractivity contribution is 7.89. The molecule has 1 N–H and O–H groups in total. The number of nitrogens with one attached hydrogen (secondary N) is 1. The molecule has 0 aliphatic rings. The fourth-order valence-electron chi connectivity index (χ4n) is 2.42. The largest absolute Gasteiger partial charge is 0.345 e. The number of rotatable bonds is 5. The van der Waals surface area contributed by atoms with Gasteiger partial charge in [-0.05, 0) is 31.5 Å². The second-order valence-corrected chi connectivity index (χ2v) is 7.94. The van der Waals surface area contributed by atoms with Gasteiger partial charge >= 0.3 is 0 Å². The first-order chi connectivity index (χ1) is 11.1. The van der Waals surface area contributed by atoms with Crippen LogP contribution in [-0.2, 0) is 15.6 Å². The molecule has 0 aromatic heterocycles. The van der Waals surface area contributed by atoms with Crippen LogP contribution in [-0.4, -0.2) is 33.3 Å². The lowest BCUT2D eigenvalue weighted by Crippen LogP contribution is -2.41. The van der Waals surface area contributed by atoms with Crippen molar-refractivity contribution in [3.05, 3.63) is 65.7 Å². The van der Waals surface area contributed by atoms with E-state index in [1.165, 1.54) is 17.0 Å². The van der Waals surface area contributed by atoms with Crippen molar-refractivity contribution >= 4 is 15.9 Å². The van der Waals surface area contributed by atoms with Crippen LogP contribution < -0.4 is 4.72 Å².